The standard InChI is InChI=1S/C16H22N2O2/c17-12-8-13-2-3-14(9-12)18(13)10-11-1-4-15-16(7-11)20-6-5-19-15/h1,4,7,12-14H,2-3,5-6,8-10,17H2. The van der Waals surface area contributed by atoms with E-state index in [0.29, 0.717) is 31.3 Å². The van der Waals surface area contributed by atoms with E-state index in [2.05, 4.69) is 17.0 Å². The number of rotatable bonds is 2. The van der Waals surface area contributed by atoms with Gasteiger partial charge in [0.2, 0.25) is 0 Å². The van der Waals surface area contributed by atoms with Crippen LogP contribution in [0.1, 0.15) is 31.2 Å². The van der Waals surface area contributed by atoms with Crippen molar-refractivity contribution in [3.63, 3.8) is 0 Å². The van der Waals surface area contributed by atoms with E-state index in [1.165, 1.54) is 18.4 Å². The zero-order valence-electron chi connectivity index (χ0n) is 11.8. The summed E-state index contributed by atoms with van der Waals surface area (Å²) < 4.78 is 11.3. The van der Waals surface area contributed by atoms with E-state index < -0.39 is 0 Å². The van der Waals surface area contributed by atoms with Crippen LogP contribution in [-0.4, -0.2) is 36.2 Å². The van der Waals surface area contributed by atoms with Crippen molar-refractivity contribution >= 4 is 0 Å². The van der Waals surface area contributed by atoms with Gasteiger partial charge in [0.05, 0.1) is 0 Å². The third-order valence-corrected chi connectivity index (χ3v) is 4.89. The summed E-state index contributed by atoms with van der Waals surface area (Å²) in [6, 6.07) is 8.11. The predicted octanol–water partition coefficient (Wildman–Crippen LogP) is 1.91. The lowest BCUT2D eigenvalue weighted by Gasteiger charge is -2.37. The van der Waals surface area contributed by atoms with E-state index >= 15 is 0 Å². The number of ether oxygens (including phenoxy) is 2. The Balaban J connectivity index is 1.52. The Hall–Kier alpha value is -1.26. The van der Waals surface area contributed by atoms with Crippen LogP contribution in [-0.2, 0) is 6.54 Å². The summed E-state index contributed by atoms with van der Waals surface area (Å²) in [5.74, 6) is 1.78. The molecule has 2 saturated heterocycles. The molecular formula is C16H22N2O2. The van der Waals surface area contributed by atoms with Crippen molar-refractivity contribution in [2.45, 2.75) is 50.4 Å². The van der Waals surface area contributed by atoms with Crippen molar-refractivity contribution in [3.8, 4) is 11.5 Å². The molecule has 0 radical (unpaired) electrons. The van der Waals surface area contributed by atoms with Gasteiger partial charge in [0.1, 0.15) is 13.2 Å². The van der Waals surface area contributed by atoms with Crippen LogP contribution in [0.3, 0.4) is 0 Å². The summed E-state index contributed by atoms with van der Waals surface area (Å²) in [5.41, 5.74) is 7.46. The summed E-state index contributed by atoms with van der Waals surface area (Å²) in [7, 11) is 0. The average Bonchev–Trinajstić information content (AvgIpc) is 2.70. The first-order valence-corrected chi connectivity index (χ1v) is 7.69. The van der Waals surface area contributed by atoms with Crippen molar-refractivity contribution < 1.29 is 9.47 Å². The molecule has 1 aromatic carbocycles. The number of hydrogen-bond donors (Lipinski definition) is 1. The second-order valence-electron chi connectivity index (χ2n) is 6.27. The van der Waals surface area contributed by atoms with Crippen LogP contribution in [0.5, 0.6) is 11.5 Å². The smallest absolute Gasteiger partial charge is 0.161 e. The molecule has 2 N–H and O–H groups in total. The van der Waals surface area contributed by atoms with Crippen LogP contribution in [0.15, 0.2) is 18.2 Å². The summed E-state index contributed by atoms with van der Waals surface area (Å²) in [6.07, 6.45) is 4.92. The lowest BCUT2D eigenvalue weighted by Crippen LogP contribution is -2.46. The molecular weight excluding hydrogens is 252 g/mol. The monoisotopic (exact) mass is 274 g/mol. The maximum atomic E-state index is 6.14. The molecule has 2 fully saturated rings. The number of piperidine rings is 1. The van der Waals surface area contributed by atoms with Gasteiger partial charge in [-0.05, 0) is 43.4 Å². The van der Waals surface area contributed by atoms with Gasteiger partial charge < -0.3 is 15.2 Å². The molecule has 2 atom stereocenters. The molecule has 0 aromatic heterocycles. The second-order valence-corrected chi connectivity index (χ2v) is 6.27. The van der Waals surface area contributed by atoms with Gasteiger partial charge in [-0.25, -0.2) is 0 Å². The summed E-state index contributed by atoms with van der Waals surface area (Å²) >= 11 is 0. The molecule has 0 aliphatic carbocycles. The lowest BCUT2D eigenvalue weighted by atomic mass is 9.97. The van der Waals surface area contributed by atoms with Crippen LogP contribution < -0.4 is 15.2 Å². The highest BCUT2D eigenvalue weighted by atomic mass is 16.6. The maximum Gasteiger partial charge on any atom is 0.161 e. The zero-order valence-corrected chi connectivity index (χ0v) is 11.8. The zero-order chi connectivity index (χ0) is 13.5. The normalized spacial score (nSPS) is 32.4. The number of nitrogens with zero attached hydrogens (tertiary/aromatic N) is 1. The van der Waals surface area contributed by atoms with Gasteiger partial charge in [0.15, 0.2) is 11.5 Å². The first kappa shape index (κ1) is 12.5. The number of benzene rings is 1. The Morgan fingerprint density at radius 2 is 1.75 bits per heavy atom. The van der Waals surface area contributed by atoms with E-state index in [-0.39, 0.29) is 0 Å². The molecule has 20 heavy (non-hydrogen) atoms. The molecule has 3 aliphatic heterocycles. The van der Waals surface area contributed by atoms with E-state index in [9.17, 15) is 0 Å². The Kier molecular flexibility index (Phi) is 3.08. The van der Waals surface area contributed by atoms with Crippen molar-refractivity contribution in [2.75, 3.05) is 13.2 Å². The molecule has 0 saturated carbocycles. The quantitative estimate of drug-likeness (QED) is 0.895. The lowest BCUT2D eigenvalue weighted by molar-refractivity contribution is 0.119. The van der Waals surface area contributed by atoms with Crippen LogP contribution in [0.25, 0.3) is 0 Å². The van der Waals surface area contributed by atoms with Gasteiger partial charge >= 0.3 is 0 Å². The van der Waals surface area contributed by atoms with Gasteiger partial charge in [-0.3, -0.25) is 4.90 Å². The van der Waals surface area contributed by atoms with E-state index in [1.807, 2.05) is 6.07 Å². The average molecular weight is 274 g/mol. The van der Waals surface area contributed by atoms with Gasteiger partial charge in [0.25, 0.3) is 0 Å². The fourth-order valence-electron chi connectivity index (χ4n) is 3.97. The van der Waals surface area contributed by atoms with Crippen LogP contribution >= 0.6 is 0 Å². The minimum absolute atomic E-state index is 0.406. The van der Waals surface area contributed by atoms with E-state index in [1.54, 1.807) is 0 Å². The number of nitrogens with two attached hydrogens (primary N) is 1. The molecule has 2 bridgehead atoms. The van der Waals surface area contributed by atoms with E-state index in [0.717, 1.165) is 30.9 Å². The van der Waals surface area contributed by atoms with Crippen LogP contribution in [0.2, 0.25) is 0 Å². The molecule has 4 nitrogen and oxygen atoms in total. The van der Waals surface area contributed by atoms with Gasteiger partial charge in [-0.1, -0.05) is 6.07 Å². The van der Waals surface area contributed by atoms with Crippen LogP contribution in [0, 0.1) is 0 Å². The van der Waals surface area contributed by atoms with Crippen LogP contribution in [0.4, 0.5) is 0 Å². The fourth-order valence-corrected chi connectivity index (χ4v) is 3.97. The van der Waals surface area contributed by atoms with Crippen molar-refractivity contribution in [1.29, 1.82) is 0 Å². The molecule has 0 amide bonds. The summed E-state index contributed by atoms with van der Waals surface area (Å²) in [5, 5.41) is 0. The van der Waals surface area contributed by atoms with Crippen molar-refractivity contribution in [1.82, 2.24) is 4.90 Å². The largest absolute Gasteiger partial charge is 0.486 e. The fraction of sp³-hybridized carbons (Fsp3) is 0.625. The molecule has 4 heteroatoms. The Morgan fingerprint density at radius 3 is 2.50 bits per heavy atom. The first-order valence-electron chi connectivity index (χ1n) is 7.69. The number of hydrogen-bond acceptors (Lipinski definition) is 4. The SMILES string of the molecule is NC1CC2CCC(C1)N2Cc1ccc2c(c1)OCCO2. The minimum atomic E-state index is 0.406. The second kappa shape index (κ2) is 4.93. The van der Waals surface area contributed by atoms with Gasteiger partial charge in [-0.2, -0.15) is 0 Å². The van der Waals surface area contributed by atoms with Crippen molar-refractivity contribution in [3.05, 3.63) is 23.8 Å². The third-order valence-electron chi connectivity index (χ3n) is 4.89. The molecule has 4 rings (SSSR count). The minimum Gasteiger partial charge on any atom is -0.486 e. The summed E-state index contributed by atoms with van der Waals surface area (Å²) in [4.78, 5) is 2.65. The molecule has 1 aromatic rings. The highest BCUT2D eigenvalue weighted by Crippen LogP contribution is 2.37. The Labute approximate surface area is 119 Å². The molecule has 3 aliphatic rings. The van der Waals surface area contributed by atoms with Crippen molar-refractivity contribution in [2.24, 2.45) is 5.73 Å². The highest BCUT2D eigenvalue weighted by Gasteiger charge is 2.39. The number of fused-ring (bicyclic) bond motifs is 3. The Morgan fingerprint density at radius 1 is 1.05 bits per heavy atom. The van der Waals surface area contributed by atoms with Gasteiger partial charge in [0, 0.05) is 24.7 Å². The molecule has 0 spiro atoms. The molecule has 108 valence electrons. The third kappa shape index (κ3) is 2.17. The predicted molar refractivity (Wildman–Crippen MR) is 77.0 cm³/mol. The summed E-state index contributed by atoms with van der Waals surface area (Å²) in [6.45, 7) is 2.32. The molecule has 2 unspecified atom stereocenters. The highest BCUT2D eigenvalue weighted by molar-refractivity contribution is 5.43. The first-order chi connectivity index (χ1) is 9.79. The van der Waals surface area contributed by atoms with E-state index in [4.69, 9.17) is 15.2 Å². The Bertz CT molecular complexity index is 491. The van der Waals surface area contributed by atoms with Gasteiger partial charge in [-0.15, -0.1) is 0 Å². The molecule has 3 heterocycles. The maximum absolute atomic E-state index is 6.14. The topological polar surface area (TPSA) is 47.7 Å².